The van der Waals surface area contributed by atoms with Crippen LogP contribution < -0.4 is 5.73 Å². The summed E-state index contributed by atoms with van der Waals surface area (Å²) < 4.78 is 0.937. The van der Waals surface area contributed by atoms with Gasteiger partial charge >= 0.3 is 0 Å². The van der Waals surface area contributed by atoms with Crippen molar-refractivity contribution in [2.45, 2.75) is 0 Å². The number of hydrogen-bond donors (Lipinski definition) is 1. The van der Waals surface area contributed by atoms with Crippen LogP contribution in [0.25, 0.3) is 10.9 Å². The van der Waals surface area contributed by atoms with Crippen molar-refractivity contribution in [1.82, 2.24) is 4.98 Å². The molecule has 0 bridgehead atoms. The first-order valence-corrected chi connectivity index (χ1v) is 4.86. The molecule has 1 aromatic heterocycles. The topological polar surface area (TPSA) is 38.9 Å². The number of nitrogens with zero attached hydrogens (tertiary/aromatic N) is 1. The fraction of sp³-hybridized carbons (Fsp3) is 0. The third-order valence-electron chi connectivity index (χ3n) is 1.78. The van der Waals surface area contributed by atoms with Crippen LogP contribution in [-0.2, 0) is 0 Å². The zero-order valence-electron chi connectivity index (χ0n) is 6.59. The quantitative estimate of drug-likeness (QED) is 0.736. The molecular formula is C9H6BrClN2. The van der Waals surface area contributed by atoms with Gasteiger partial charge in [-0.3, -0.25) is 0 Å². The molecule has 2 rings (SSSR count). The molecule has 0 aliphatic rings. The Balaban J connectivity index is 2.94. The molecule has 0 unspecified atom stereocenters. The van der Waals surface area contributed by atoms with Gasteiger partial charge in [-0.05, 0) is 18.2 Å². The van der Waals surface area contributed by atoms with E-state index in [0.717, 1.165) is 15.4 Å². The Bertz CT molecular complexity index is 470. The van der Waals surface area contributed by atoms with Crippen molar-refractivity contribution in [3.05, 3.63) is 33.9 Å². The van der Waals surface area contributed by atoms with Gasteiger partial charge in [-0.2, -0.15) is 0 Å². The number of hydrogen-bond acceptors (Lipinski definition) is 2. The van der Waals surface area contributed by atoms with Crippen molar-refractivity contribution in [2.75, 3.05) is 5.73 Å². The molecule has 2 nitrogen and oxygen atoms in total. The molecular weight excluding hydrogens is 251 g/mol. The molecule has 66 valence electrons. The van der Waals surface area contributed by atoms with Crippen LogP contribution in [0.4, 0.5) is 5.69 Å². The van der Waals surface area contributed by atoms with Gasteiger partial charge in [0.15, 0.2) is 0 Å². The van der Waals surface area contributed by atoms with Gasteiger partial charge in [0.1, 0.15) is 5.15 Å². The number of aromatic nitrogens is 1. The van der Waals surface area contributed by atoms with Crippen molar-refractivity contribution >= 4 is 44.1 Å². The van der Waals surface area contributed by atoms with Crippen LogP contribution in [-0.4, -0.2) is 4.98 Å². The Kier molecular flexibility index (Phi) is 2.14. The lowest BCUT2D eigenvalue weighted by Gasteiger charge is -2.03. The fourth-order valence-electron chi connectivity index (χ4n) is 1.24. The van der Waals surface area contributed by atoms with Gasteiger partial charge in [0, 0.05) is 15.5 Å². The van der Waals surface area contributed by atoms with Gasteiger partial charge in [-0.25, -0.2) is 4.98 Å². The van der Waals surface area contributed by atoms with E-state index in [9.17, 15) is 0 Å². The molecule has 0 atom stereocenters. The minimum atomic E-state index is 0.420. The maximum absolute atomic E-state index is 5.80. The highest BCUT2D eigenvalue weighted by molar-refractivity contribution is 9.10. The molecule has 2 aromatic rings. The molecule has 0 aliphatic carbocycles. The summed E-state index contributed by atoms with van der Waals surface area (Å²) in [7, 11) is 0. The van der Waals surface area contributed by atoms with Crippen molar-refractivity contribution in [1.29, 1.82) is 0 Å². The molecule has 0 amide bonds. The maximum atomic E-state index is 5.80. The Morgan fingerprint density at radius 2 is 2.15 bits per heavy atom. The first-order valence-electron chi connectivity index (χ1n) is 3.69. The number of nitrogens with two attached hydrogens (primary N) is 1. The second kappa shape index (κ2) is 3.16. The molecule has 0 aliphatic heterocycles. The third kappa shape index (κ3) is 1.49. The summed E-state index contributed by atoms with van der Waals surface area (Å²) in [6, 6.07) is 7.35. The zero-order valence-corrected chi connectivity index (χ0v) is 8.93. The SMILES string of the molecule is Nc1cc(Cl)nc2cccc(Br)c12. The van der Waals surface area contributed by atoms with Crippen molar-refractivity contribution in [2.24, 2.45) is 0 Å². The number of rotatable bonds is 0. The van der Waals surface area contributed by atoms with Crippen LogP contribution >= 0.6 is 27.5 Å². The van der Waals surface area contributed by atoms with E-state index in [1.807, 2.05) is 18.2 Å². The van der Waals surface area contributed by atoms with Crippen molar-refractivity contribution in [3.63, 3.8) is 0 Å². The number of anilines is 1. The van der Waals surface area contributed by atoms with Crippen LogP contribution in [0.2, 0.25) is 5.15 Å². The standard InChI is InChI=1S/C9H6BrClN2/c10-5-2-1-3-7-9(5)6(12)4-8(11)13-7/h1-4H,(H2,12,13). The predicted octanol–water partition coefficient (Wildman–Crippen LogP) is 3.23. The molecule has 0 saturated heterocycles. The highest BCUT2D eigenvalue weighted by atomic mass is 79.9. The van der Waals surface area contributed by atoms with Gasteiger partial charge < -0.3 is 5.73 Å². The van der Waals surface area contributed by atoms with E-state index in [2.05, 4.69) is 20.9 Å². The van der Waals surface area contributed by atoms with E-state index in [0.29, 0.717) is 10.8 Å². The second-order valence-corrected chi connectivity index (χ2v) is 3.91. The van der Waals surface area contributed by atoms with E-state index in [1.54, 1.807) is 6.07 Å². The molecule has 0 radical (unpaired) electrons. The normalized spacial score (nSPS) is 10.6. The summed E-state index contributed by atoms with van der Waals surface area (Å²) >= 11 is 9.18. The molecule has 13 heavy (non-hydrogen) atoms. The Labute approximate surface area is 88.8 Å². The van der Waals surface area contributed by atoms with Crippen LogP contribution in [0.5, 0.6) is 0 Å². The molecule has 0 fully saturated rings. The number of halogens is 2. The lowest BCUT2D eigenvalue weighted by atomic mass is 10.2. The summed E-state index contributed by atoms with van der Waals surface area (Å²) in [5.74, 6) is 0. The fourth-order valence-corrected chi connectivity index (χ4v) is 2.03. The predicted molar refractivity (Wildman–Crippen MR) is 58.9 cm³/mol. The average molecular weight is 258 g/mol. The lowest BCUT2D eigenvalue weighted by molar-refractivity contribution is 1.41. The van der Waals surface area contributed by atoms with Crippen molar-refractivity contribution in [3.8, 4) is 0 Å². The lowest BCUT2D eigenvalue weighted by Crippen LogP contribution is -1.90. The third-order valence-corrected chi connectivity index (χ3v) is 2.64. The van der Waals surface area contributed by atoms with Gasteiger partial charge in [0.05, 0.1) is 5.52 Å². The van der Waals surface area contributed by atoms with Gasteiger partial charge in [0.2, 0.25) is 0 Å². The number of pyridine rings is 1. The number of nitrogen functional groups attached to an aromatic ring is 1. The second-order valence-electron chi connectivity index (χ2n) is 2.67. The Morgan fingerprint density at radius 3 is 2.92 bits per heavy atom. The van der Waals surface area contributed by atoms with E-state index >= 15 is 0 Å². The summed E-state index contributed by atoms with van der Waals surface area (Å²) in [6.07, 6.45) is 0. The van der Waals surface area contributed by atoms with E-state index in [-0.39, 0.29) is 0 Å². The summed E-state index contributed by atoms with van der Waals surface area (Å²) in [6.45, 7) is 0. The highest BCUT2D eigenvalue weighted by Gasteiger charge is 2.04. The van der Waals surface area contributed by atoms with Gasteiger partial charge in [-0.1, -0.05) is 33.6 Å². The Morgan fingerprint density at radius 1 is 1.38 bits per heavy atom. The molecule has 2 N–H and O–H groups in total. The minimum Gasteiger partial charge on any atom is -0.398 e. The zero-order chi connectivity index (χ0) is 9.42. The molecule has 1 aromatic carbocycles. The minimum absolute atomic E-state index is 0.420. The smallest absolute Gasteiger partial charge is 0.131 e. The van der Waals surface area contributed by atoms with E-state index in [4.69, 9.17) is 17.3 Å². The van der Waals surface area contributed by atoms with Crippen LogP contribution in [0, 0.1) is 0 Å². The average Bonchev–Trinajstić information content (AvgIpc) is 2.02. The van der Waals surface area contributed by atoms with Crippen LogP contribution in [0.1, 0.15) is 0 Å². The first kappa shape index (κ1) is 8.78. The molecule has 0 saturated carbocycles. The maximum Gasteiger partial charge on any atom is 0.131 e. The molecule has 1 heterocycles. The summed E-state index contributed by atoms with van der Waals surface area (Å²) in [5.41, 5.74) is 7.25. The highest BCUT2D eigenvalue weighted by Crippen LogP contribution is 2.29. The number of fused-ring (bicyclic) bond motifs is 1. The van der Waals surface area contributed by atoms with Gasteiger partial charge in [0.25, 0.3) is 0 Å². The number of benzene rings is 1. The van der Waals surface area contributed by atoms with Crippen LogP contribution in [0.15, 0.2) is 28.7 Å². The molecule has 0 spiro atoms. The largest absolute Gasteiger partial charge is 0.398 e. The monoisotopic (exact) mass is 256 g/mol. The van der Waals surface area contributed by atoms with Crippen LogP contribution in [0.3, 0.4) is 0 Å². The molecule has 4 heteroatoms. The summed E-state index contributed by atoms with van der Waals surface area (Å²) in [5, 5.41) is 1.33. The van der Waals surface area contributed by atoms with Crippen molar-refractivity contribution < 1.29 is 0 Å². The first-order chi connectivity index (χ1) is 6.18. The van der Waals surface area contributed by atoms with E-state index < -0.39 is 0 Å². The van der Waals surface area contributed by atoms with Gasteiger partial charge in [-0.15, -0.1) is 0 Å². The Hall–Kier alpha value is -0.800. The summed E-state index contributed by atoms with van der Waals surface area (Å²) in [4.78, 5) is 4.15. The van der Waals surface area contributed by atoms with E-state index in [1.165, 1.54) is 0 Å².